The Labute approximate surface area is 109 Å². The Bertz CT molecular complexity index is 538. The van der Waals surface area contributed by atoms with Crippen molar-refractivity contribution < 1.29 is 17.5 Å². The lowest BCUT2D eigenvalue weighted by atomic mass is 10.2. The Balaban J connectivity index is 2.75. The number of hydrogen-bond donors (Lipinski definition) is 0. The van der Waals surface area contributed by atoms with Gasteiger partial charge in [0.15, 0.2) is 0 Å². The van der Waals surface area contributed by atoms with Gasteiger partial charge in [0.05, 0.1) is 16.9 Å². The highest BCUT2D eigenvalue weighted by atomic mass is 35.5. The van der Waals surface area contributed by atoms with E-state index < -0.39 is 15.0 Å². The van der Waals surface area contributed by atoms with Crippen LogP contribution in [0.3, 0.4) is 0 Å². The first-order valence-electron chi connectivity index (χ1n) is 4.82. The van der Waals surface area contributed by atoms with Crippen molar-refractivity contribution in [1.82, 2.24) is 0 Å². The molecule has 0 saturated carbocycles. The van der Waals surface area contributed by atoms with Crippen LogP contribution in [0.2, 0.25) is 0 Å². The van der Waals surface area contributed by atoms with Crippen molar-refractivity contribution in [3.63, 3.8) is 0 Å². The van der Waals surface area contributed by atoms with Crippen LogP contribution in [0.1, 0.15) is 5.56 Å². The molecule has 0 N–H and O–H groups in total. The standard InChI is InChI=1S/C10H10ClNO5S/c11-6-7-17-18(15,16)8-5-9-1-3-10(4-2-9)12(13)14/h1-5,8H,6-7H2. The third-order valence-corrected chi connectivity index (χ3v) is 2.97. The molecule has 0 atom stereocenters. The zero-order valence-electron chi connectivity index (χ0n) is 9.15. The van der Waals surface area contributed by atoms with Gasteiger partial charge in [-0.15, -0.1) is 11.6 Å². The van der Waals surface area contributed by atoms with E-state index in [1.165, 1.54) is 30.3 Å². The second kappa shape index (κ2) is 6.48. The van der Waals surface area contributed by atoms with Crippen LogP contribution in [0.25, 0.3) is 6.08 Å². The van der Waals surface area contributed by atoms with E-state index >= 15 is 0 Å². The summed E-state index contributed by atoms with van der Waals surface area (Å²) < 4.78 is 27.0. The van der Waals surface area contributed by atoms with Crippen LogP contribution in [0, 0.1) is 10.1 Å². The highest BCUT2D eigenvalue weighted by molar-refractivity contribution is 7.89. The van der Waals surface area contributed by atoms with Crippen LogP contribution < -0.4 is 0 Å². The molecule has 0 aliphatic carbocycles. The minimum atomic E-state index is -3.77. The molecule has 0 aromatic heterocycles. The maximum atomic E-state index is 11.3. The van der Waals surface area contributed by atoms with Crippen LogP contribution in [-0.2, 0) is 14.3 Å². The third kappa shape index (κ3) is 4.82. The van der Waals surface area contributed by atoms with Gasteiger partial charge in [-0.3, -0.25) is 14.3 Å². The Morgan fingerprint density at radius 3 is 2.44 bits per heavy atom. The Morgan fingerprint density at radius 1 is 1.33 bits per heavy atom. The van der Waals surface area contributed by atoms with E-state index in [2.05, 4.69) is 4.18 Å². The summed E-state index contributed by atoms with van der Waals surface area (Å²) in [6, 6.07) is 5.44. The van der Waals surface area contributed by atoms with Crippen molar-refractivity contribution in [3.8, 4) is 0 Å². The average molecular weight is 292 g/mol. The van der Waals surface area contributed by atoms with Crippen molar-refractivity contribution >= 4 is 33.5 Å². The topological polar surface area (TPSA) is 86.5 Å². The van der Waals surface area contributed by atoms with Crippen LogP contribution >= 0.6 is 11.6 Å². The normalized spacial score (nSPS) is 11.8. The Hall–Kier alpha value is -1.44. The fraction of sp³-hybridized carbons (Fsp3) is 0.200. The van der Waals surface area contributed by atoms with E-state index in [0.717, 1.165) is 5.41 Å². The number of rotatable bonds is 6. The second-order valence-electron chi connectivity index (χ2n) is 3.16. The number of hydrogen-bond acceptors (Lipinski definition) is 5. The molecule has 8 heteroatoms. The number of halogens is 1. The molecule has 0 amide bonds. The molecule has 0 spiro atoms. The molecule has 98 valence electrons. The first kappa shape index (κ1) is 14.6. The molecule has 6 nitrogen and oxygen atoms in total. The zero-order chi connectivity index (χ0) is 13.6. The minimum Gasteiger partial charge on any atom is -0.266 e. The number of non-ortho nitro benzene ring substituents is 1. The van der Waals surface area contributed by atoms with Crippen LogP contribution in [-0.4, -0.2) is 25.8 Å². The van der Waals surface area contributed by atoms with Gasteiger partial charge in [0.2, 0.25) is 0 Å². The van der Waals surface area contributed by atoms with E-state index in [-0.39, 0.29) is 18.2 Å². The largest absolute Gasteiger partial charge is 0.290 e. The molecule has 1 rings (SSSR count). The lowest BCUT2D eigenvalue weighted by molar-refractivity contribution is -0.384. The Morgan fingerprint density at radius 2 is 1.94 bits per heavy atom. The summed E-state index contributed by atoms with van der Waals surface area (Å²) in [5, 5.41) is 11.3. The highest BCUT2D eigenvalue weighted by Crippen LogP contribution is 2.13. The molecule has 0 unspecified atom stereocenters. The number of alkyl halides is 1. The van der Waals surface area contributed by atoms with Gasteiger partial charge in [-0.1, -0.05) is 0 Å². The molecule has 1 aromatic rings. The lowest BCUT2D eigenvalue weighted by Gasteiger charge is -1.98. The molecule has 0 aliphatic rings. The monoisotopic (exact) mass is 291 g/mol. The third-order valence-electron chi connectivity index (χ3n) is 1.86. The van der Waals surface area contributed by atoms with Gasteiger partial charge >= 0.3 is 0 Å². The summed E-state index contributed by atoms with van der Waals surface area (Å²) in [7, 11) is -3.77. The molecule has 18 heavy (non-hydrogen) atoms. The molecular weight excluding hydrogens is 282 g/mol. The predicted molar refractivity (Wildman–Crippen MR) is 67.7 cm³/mol. The van der Waals surface area contributed by atoms with Crippen LogP contribution in [0.4, 0.5) is 5.69 Å². The molecular formula is C10H10ClNO5S. The summed E-state index contributed by atoms with van der Waals surface area (Å²) in [6.07, 6.45) is 1.29. The summed E-state index contributed by atoms with van der Waals surface area (Å²) in [5.41, 5.74) is 0.451. The number of nitrogens with zero attached hydrogens (tertiary/aromatic N) is 1. The molecule has 0 aliphatic heterocycles. The number of nitro benzene ring substituents is 1. The maximum Gasteiger partial charge on any atom is 0.290 e. The molecule has 0 heterocycles. The van der Waals surface area contributed by atoms with Gasteiger partial charge in [0, 0.05) is 18.0 Å². The number of benzene rings is 1. The summed E-state index contributed by atoms with van der Waals surface area (Å²) in [6.45, 7) is -0.103. The lowest BCUT2D eigenvalue weighted by Crippen LogP contribution is -2.03. The van der Waals surface area contributed by atoms with Crippen molar-refractivity contribution in [1.29, 1.82) is 0 Å². The van der Waals surface area contributed by atoms with Crippen molar-refractivity contribution in [2.75, 3.05) is 12.5 Å². The van der Waals surface area contributed by atoms with E-state index in [1.54, 1.807) is 0 Å². The highest BCUT2D eigenvalue weighted by Gasteiger charge is 2.06. The predicted octanol–water partition coefficient (Wildman–Crippen LogP) is 2.15. The van der Waals surface area contributed by atoms with E-state index in [4.69, 9.17) is 11.6 Å². The quantitative estimate of drug-likeness (QED) is 0.347. The molecule has 0 radical (unpaired) electrons. The summed E-state index contributed by atoms with van der Waals surface area (Å²) in [4.78, 5) is 9.87. The first-order chi connectivity index (χ1) is 8.44. The minimum absolute atomic E-state index is 0.0617. The molecule has 0 fully saturated rings. The van der Waals surface area contributed by atoms with Gasteiger partial charge in [-0.25, -0.2) is 0 Å². The van der Waals surface area contributed by atoms with Crippen LogP contribution in [0.5, 0.6) is 0 Å². The smallest absolute Gasteiger partial charge is 0.266 e. The second-order valence-corrected chi connectivity index (χ2v) is 5.03. The van der Waals surface area contributed by atoms with Crippen molar-refractivity contribution in [2.45, 2.75) is 0 Å². The molecule has 1 aromatic carbocycles. The first-order valence-corrected chi connectivity index (χ1v) is 6.83. The van der Waals surface area contributed by atoms with Crippen molar-refractivity contribution in [3.05, 3.63) is 45.4 Å². The van der Waals surface area contributed by atoms with E-state index in [0.29, 0.717) is 5.56 Å². The zero-order valence-corrected chi connectivity index (χ0v) is 10.7. The number of nitro groups is 1. The van der Waals surface area contributed by atoms with Gasteiger partial charge in [-0.05, 0) is 23.8 Å². The van der Waals surface area contributed by atoms with Crippen molar-refractivity contribution in [2.24, 2.45) is 0 Å². The van der Waals surface area contributed by atoms with E-state index in [1.807, 2.05) is 0 Å². The van der Waals surface area contributed by atoms with Crippen LogP contribution in [0.15, 0.2) is 29.7 Å². The fourth-order valence-electron chi connectivity index (χ4n) is 1.06. The maximum absolute atomic E-state index is 11.3. The molecule has 0 saturated heterocycles. The van der Waals surface area contributed by atoms with E-state index in [9.17, 15) is 18.5 Å². The van der Waals surface area contributed by atoms with Gasteiger partial charge in [0.1, 0.15) is 0 Å². The Kier molecular flexibility index (Phi) is 5.26. The summed E-state index contributed by atoms with van der Waals surface area (Å²) >= 11 is 5.29. The van der Waals surface area contributed by atoms with Gasteiger partial charge in [0.25, 0.3) is 15.8 Å². The SMILES string of the molecule is O=[N+]([O-])c1ccc(C=CS(=O)(=O)OCCCl)cc1. The van der Waals surface area contributed by atoms with Gasteiger partial charge in [-0.2, -0.15) is 8.42 Å². The fourth-order valence-corrected chi connectivity index (χ4v) is 1.94. The molecule has 0 bridgehead atoms. The van der Waals surface area contributed by atoms with Gasteiger partial charge < -0.3 is 0 Å². The average Bonchev–Trinajstić information content (AvgIpc) is 2.35. The summed E-state index contributed by atoms with van der Waals surface area (Å²) in [5.74, 6) is 0.0740.